The van der Waals surface area contributed by atoms with Crippen LogP contribution in [0, 0.1) is 6.92 Å². The van der Waals surface area contributed by atoms with E-state index in [9.17, 15) is 18.6 Å². The van der Waals surface area contributed by atoms with Crippen molar-refractivity contribution in [1.29, 1.82) is 0 Å². The average Bonchev–Trinajstić information content (AvgIpc) is 3.20. The van der Waals surface area contributed by atoms with E-state index in [-0.39, 0.29) is 0 Å². The van der Waals surface area contributed by atoms with E-state index in [0.29, 0.717) is 37.5 Å². The molecule has 3 aromatic rings. The lowest BCUT2D eigenvalue weighted by Crippen LogP contribution is -2.35. The highest BCUT2D eigenvalue weighted by molar-refractivity contribution is 7.92. The summed E-state index contributed by atoms with van der Waals surface area (Å²) in [5.41, 5.74) is 3.41. The van der Waals surface area contributed by atoms with Crippen LogP contribution in [0.2, 0.25) is 0 Å². The van der Waals surface area contributed by atoms with Crippen LogP contribution in [-0.2, 0) is 10.0 Å². The van der Waals surface area contributed by atoms with E-state index in [1.54, 1.807) is 24.3 Å². The Balaban J connectivity index is 0.000000261. The van der Waals surface area contributed by atoms with Gasteiger partial charge in [0, 0.05) is 47.5 Å². The van der Waals surface area contributed by atoms with Gasteiger partial charge in [-0.2, -0.15) is 0 Å². The molecule has 9 nitrogen and oxygen atoms in total. The molecule has 2 unspecified atom stereocenters. The van der Waals surface area contributed by atoms with Crippen LogP contribution in [-0.4, -0.2) is 67.8 Å². The van der Waals surface area contributed by atoms with Crippen LogP contribution < -0.4 is 20.1 Å². The van der Waals surface area contributed by atoms with Crippen LogP contribution in [0.4, 0.5) is 5.69 Å². The molecule has 0 fully saturated rings. The van der Waals surface area contributed by atoms with Gasteiger partial charge in [-0.25, -0.2) is 8.42 Å². The second-order valence-corrected chi connectivity index (χ2v) is 11.5. The Morgan fingerprint density at radius 3 is 2.16 bits per heavy atom. The summed E-state index contributed by atoms with van der Waals surface area (Å²) in [6, 6.07) is 15.3. The van der Waals surface area contributed by atoms with E-state index in [0.717, 1.165) is 34.2 Å². The van der Waals surface area contributed by atoms with Crippen molar-refractivity contribution in [3.8, 4) is 5.75 Å². The van der Waals surface area contributed by atoms with Gasteiger partial charge < -0.3 is 30.6 Å². The summed E-state index contributed by atoms with van der Waals surface area (Å²) in [5, 5.41) is 27.1. The first-order valence-electron chi connectivity index (χ1n) is 12.5. The number of nitrogens with one attached hydrogen (secondary N) is 4. The van der Waals surface area contributed by atoms with Gasteiger partial charge in [0.1, 0.15) is 18.5 Å². The van der Waals surface area contributed by atoms with Gasteiger partial charge in [-0.3, -0.25) is 4.72 Å². The molecule has 2 aromatic carbocycles. The number of aromatic amines is 1. The zero-order valence-corrected chi connectivity index (χ0v) is 23.4. The van der Waals surface area contributed by atoms with Gasteiger partial charge in [0.2, 0.25) is 10.0 Å². The molecule has 0 aliphatic heterocycles. The highest BCUT2D eigenvalue weighted by Crippen LogP contribution is 2.26. The number of aliphatic hydroxyl groups is 2. The summed E-state index contributed by atoms with van der Waals surface area (Å²) in [6.07, 6.45) is -0.000130. The van der Waals surface area contributed by atoms with E-state index in [1.807, 2.05) is 39.0 Å². The first-order valence-corrected chi connectivity index (χ1v) is 14.3. The molecule has 10 heteroatoms. The molecular weight excluding hydrogens is 492 g/mol. The van der Waals surface area contributed by atoms with Crippen LogP contribution >= 0.6 is 0 Å². The fourth-order valence-corrected chi connectivity index (χ4v) is 4.03. The highest BCUT2D eigenvalue weighted by Gasteiger charge is 2.10. The van der Waals surface area contributed by atoms with Gasteiger partial charge in [0.05, 0.1) is 12.4 Å². The number of anilines is 1. The van der Waals surface area contributed by atoms with E-state index >= 15 is 0 Å². The lowest BCUT2D eigenvalue weighted by atomic mass is 10.1. The molecule has 1 aromatic heterocycles. The maximum Gasteiger partial charge on any atom is 0.229 e. The number of hydrogen-bond acceptors (Lipinski definition) is 7. The summed E-state index contributed by atoms with van der Waals surface area (Å²) in [5.74, 6) is 0.811. The van der Waals surface area contributed by atoms with Crippen molar-refractivity contribution in [2.45, 2.75) is 58.9 Å². The third-order valence-electron chi connectivity index (χ3n) is 5.27. The van der Waals surface area contributed by atoms with Crippen LogP contribution in [0.25, 0.3) is 10.9 Å². The fourth-order valence-electron chi connectivity index (χ4n) is 3.46. The van der Waals surface area contributed by atoms with Gasteiger partial charge in [-0.05, 0) is 42.8 Å². The number of H-pyrrole nitrogens is 1. The number of benzene rings is 2. The number of aliphatic hydroxyl groups excluding tert-OH is 2. The molecule has 0 aliphatic rings. The average molecular weight is 535 g/mol. The SMILES string of the molecule is CC(C)NCC(O)c1ccc(NS(C)(=O)=O)cc1.Cc1cc2c(OCC(O)CNC(C)C)cccc2[nH]1. The molecule has 0 saturated heterocycles. The van der Waals surface area contributed by atoms with Crippen molar-refractivity contribution in [1.82, 2.24) is 15.6 Å². The van der Waals surface area contributed by atoms with Crippen molar-refractivity contribution in [3.63, 3.8) is 0 Å². The van der Waals surface area contributed by atoms with Gasteiger partial charge in [0.15, 0.2) is 0 Å². The Labute approximate surface area is 220 Å². The van der Waals surface area contributed by atoms with Crippen molar-refractivity contribution in [3.05, 3.63) is 59.8 Å². The Morgan fingerprint density at radius 1 is 0.946 bits per heavy atom. The Kier molecular flexibility index (Phi) is 11.9. The number of rotatable bonds is 12. The number of hydrogen-bond donors (Lipinski definition) is 6. The first-order chi connectivity index (χ1) is 17.3. The summed E-state index contributed by atoms with van der Waals surface area (Å²) < 4.78 is 30.1. The minimum atomic E-state index is -3.26. The fraction of sp³-hybridized carbons (Fsp3) is 0.481. The van der Waals surface area contributed by atoms with E-state index in [2.05, 4.69) is 40.3 Å². The second kappa shape index (κ2) is 14.3. The summed E-state index contributed by atoms with van der Waals surface area (Å²) in [6.45, 7) is 11.4. The lowest BCUT2D eigenvalue weighted by Gasteiger charge is -2.15. The van der Waals surface area contributed by atoms with E-state index in [1.165, 1.54) is 0 Å². The van der Waals surface area contributed by atoms with Crippen molar-refractivity contribution >= 4 is 26.6 Å². The molecule has 3 rings (SSSR count). The summed E-state index contributed by atoms with van der Waals surface area (Å²) >= 11 is 0. The molecule has 0 aliphatic carbocycles. The van der Waals surface area contributed by atoms with Gasteiger partial charge in [-0.1, -0.05) is 45.9 Å². The van der Waals surface area contributed by atoms with Crippen LogP contribution in [0.5, 0.6) is 5.75 Å². The molecule has 2 atom stereocenters. The normalized spacial score (nSPS) is 13.4. The van der Waals surface area contributed by atoms with Crippen molar-refractivity contribution < 1.29 is 23.4 Å². The molecule has 0 radical (unpaired) electrons. The quantitative estimate of drug-likeness (QED) is 0.210. The van der Waals surface area contributed by atoms with E-state index in [4.69, 9.17) is 4.74 Å². The largest absolute Gasteiger partial charge is 0.490 e. The number of fused-ring (bicyclic) bond motifs is 1. The molecule has 206 valence electrons. The summed E-state index contributed by atoms with van der Waals surface area (Å²) in [4.78, 5) is 3.27. The van der Waals surface area contributed by atoms with Crippen LogP contribution in [0.1, 0.15) is 45.1 Å². The van der Waals surface area contributed by atoms with E-state index < -0.39 is 22.2 Å². The monoisotopic (exact) mass is 534 g/mol. The third kappa shape index (κ3) is 11.5. The number of aryl methyl sites for hydroxylation is 1. The maximum absolute atomic E-state index is 11.0. The topological polar surface area (TPSA) is 136 Å². The third-order valence-corrected chi connectivity index (χ3v) is 5.88. The number of aromatic nitrogens is 1. The predicted molar refractivity (Wildman–Crippen MR) is 151 cm³/mol. The molecule has 0 spiro atoms. The first kappa shape index (κ1) is 30.6. The van der Waals surface area contributed by atoms with Crippen molar-refractivity contribution in [2.75, 3.05) is 30.7 Å². The molecule has 0 amide bonds. The molecular formula is C27H42N4O5S. The zero-order chi connectivity index (χ0) is 27.6. The molecule has 6 N–H and O–H groups in total. The standard InChI is InChI=1S/C15H22N2O2.C12H20N2O3S/c1-10(2)16-8-12(18)9-19-15-6-4-5-14-13(15)7-11(3)17-14;1-9(2)13-8-12(15)10-4-6-11(7-5-10)14-18(3,16)17/h4-7,10,12,16-18H,8-9H2,1-3H3;4-7,9,12-15H,8H2,1-3H3. The number of sulfonamides is 1. The lowest BCUT2D eigenvalue weighted by molar-refractivity contribution is 0.105. The molecule has 1 heterocycles. The van der Waals surface area contributed by atoms with Crippen LogP contribution in [0.3, 0.4) is 0 Å². The molecule has 0 saturated carbocycles. The minimum Gasteiger partial charge on any atom is -0.490 e. The molecule has 37 heavy (non-hydrogen) atoms. The highest BCUT2D eigenvalue weighted by atomic mass is 32.2. The minimum absolute atomic E-state index is 0.295. The van der Waals surface area contributed by atoms with Crippen molar-refractivity contribution in [2.24, 2.45) is 0 Å². The summed E-state index contributed by atoms with van der Waals surface area (Å²) in [7, 11) is -3.26. The van der Waals surface area contributed by atoms with Gasteiger partial charge in [0.25, 0.3) is 0 Å². The molecule has 0 bridgehead atoms. The van der Waals surface area contributed by atoms with Gasteiger partial charge >= 0.3 is 0 Å². The number of ether oxygens (including phenoxy) is 1. The maximum atomic E-state index is 11.0. The van der Waals surface area contributed by atoms with Crippen LogP contribution in [0.15, 0.2) is 48.5 Å². The second-order valence-electron chi connectivity index (χ2n) is 9.77. The predicted octanol–water partition coefficient (Wildman–Crippen LogP) is 3.30. The van der Waals surface area contributed by atoms with Gasteiger partial charge in [-0.15, -0.1) is 0 Å². The Hall–Kier alpha value is -2.63. The Morgan fingerprint density at radius 2 is 1.57 bits per heavy atom. The Bertz CT molecular complexity index is 1190. The smallest absolute Gasteiger partial charge is 0.229 e. The zero-order valence-electron chi connectivity index (χ0n) is 22.6.